The Hall–Kier alpha value is -0.350. The standard InChI is InChI=1S/C8H11BrClN3/c1-6(4-3-5-10)7-8(9)11-12-13(7)2/h4H,3,5H2,1-2H3. The van der Waals surface area contributed by atoms with Gasteiger partial charge in [-0.25, -0.2) is 4.68 Å². The molecule has 0 fully saturated rings. The molecule has 0 saturated heterocycles. The van der Waals surface area contributed by atoms with Crippen molar-refractivity contribution in [2.75, 3.05) is 5.88 Å². The maximum absolute atomic E-state index is 5.59. The van der Waals surface area contributed by atoms with Gasteiger partial charge in [0.15, 0.2) is 4.60 Å². The van der Waals surface area contributed by atoms with E-state index in [0.29, 0.717) is 5.88 Å². The molecule has 0 spiro atoms. The maximum atomic E-state index is 5.59. The molecule has 0 aliphatic heterocycles. The van der Waals surface area contributed by atoms with Crippen molar-refractivity contribution >= 4 is 33.1 Å². The molecule has 0 N–H and O–H groups in total. The second-order valence-electron chi connectivity index (χ2n) is 2.72. The van der Waals surface area contributed by atoms with Gasteiger partial charge in [-0.2, -0.15) is 0 Å². The Balaban J connectivity index is 2.93. The highest BCUT2D eigenvalue weighted by molar-refractivity contribution is 9.10. The summed E-state index contributed by atoms with van der Waals surface area (Å²) in [6.45, 7) is 2.02. The highest BCUT2D eigenvalue weighted by Crippen LogP contribution is 2.21. The van der Waals surface area contributed by atoms with E-state index in [1.807, 2.05) is 14.0 Å². The second-order valence-corrected chi connectivity index (χ2v) is 3.85. The first kappa shape index (κ1) is 10.7. The molecule has 0 unspecified atom stereocenters. The molecule has 1 rings (SSSR count). The first-order valence-corrected chi connectivity index (χ1v) is 5.28. The van der Waals surface area contributed by atoms with Gasteiger partial charge < -0.3 is 0 Å². The molecule has 1 aromatic heterocycles. The topological polar surface area (TPSA) is 30.7 Å². The Morgan fingerprint density at radius 1 is 1.69 bits per heavy atom. The smallest absolute Gasteiger partial charge is 0.155 e. The van der Waals surface area contributed by atoms with E-state index in [0.717, 1.165) is 22.3 Å². The van der Waals surface area contributed by atoms with Gasteiger partial charge in [-0.05, 0) is 34.8 Å². The number of rotatable bonds is 3. The summed E-state index contributed by atoms with van der Waals surface area (Å²) in [6, 6.07) is 0. The number of allylic oxidation sites excluding steroid dienone is 2. The molecule has 0 atom stereocenters. The van der Waals surface area contributed by atoms with Crippen LogP contribution in [0.5, 0.6) is 0 Å². The summed E-state index contributed by atoms with van der Waals surface area (Å²) < 4.78 is 2.52. The third kappa shape index (κ3) is 2.54. The van der Waals surface area contributed by atoms with E-state index in [1.54, 1.807) is 4.68 Å². The van der Waals surface area contributed by atoms with Crippen LogP contribution in [0.1, 0.15) is 19.0 Å². The van der Waals surface area contributed by atoms with Crippen molar-refractivity contribution in [1.29, 1.82) is 0 Å². The van der Waals surface area contributed by atoms with Gasteiger partial charge in [0.25, 0.3) is 0 Å². The van der Waals surface area contributed by atoms with Gasteiger partial charge in [0.1, 0.15) is 0 Å². The lowest BCUT2D eigenvalue weighted by molar-refractivity contribution is 0.706. The first-order chi connectivity index (χ1) is 6.16. The zero-order chi connectivity index (χ0) is 9.84. The normalized spacial score (nSPS) is 12.2. The molecule has 1 heterocycles. The zero-order valence-corrected chi connectivity index (χ0v) is 9.93. The average molecular weight is 265 g/mol. The van der Waals surface area contributed by atoms with Crippen LogP contribution < -0.4 is 0 Å². The van der Waals surface area contributed by atoms with Crippen molar-refractivity contribution in [3.8, 4) is 0 Å². The molecule has 0 radical (unpaired) electrons. The van der Waals surface area contributed by atoms with Crippen molar-refractivity contribution in [1.82, 2.24) is 15.0 Å². The Morgan fingerprint density at radius 2 is 2.38 bits per heavy atom. The Bertz CT molecular complexity index is 300. The van der Waals surface area contributed by atoms with Crippen LogP contribution in [-0.4, -0.2) is 20.9 Å². The van der Waals surface area contributed by atoms with E-state index >= 15 is 0 Å². The lowest BCUT2D eigenvalue weighted by Crippen LogP contribution is -1.96. The molecule has 13 heavy (non-hydrogen) atoms. The van der Waals surface area contributed by atoms with Crippen LogP contribution in [0.4, 0.5) is 0 Å². The van der Waals surface area contributed by atoms with Crippen LogP contribution in [0.2, 0.25) is 0 Å². The van der Waals surface area contributed by atoms with Gasteiger partial charge in [0, 0.05) is 12.9 Å². The number of nitrogens with zero attached hydrogens (tertiary/aromatic N) is 3. The molecular formula is C8H11BrClN3. The van der Waals surface area contributed by atoms with Gasteiger partial charge in [-0.1, -0.05) is 11.3 Å². The molecule has 3 nitrogen and oxygen atoms in total. The largest absolute Gasteiger partial charge is 0.247 e. The van der Waals surface area contributed by atoms with Crippen LogP contribution in [0, 0.1) is 0 Å². The summed E-state index contributed by atoms with van der Waals surface area (Å²) in [5.41, 5.74) is 2.14. The highest BCUT2D eigenvalue weighted by atomic mass is 79.9. The summed E-state index contributed by atoms with van der Waals surface area (Å²) in [5, 5.41) is 7.79. The van der Waals surface area contributed by atoms with E-state index in [2.05, 4.69) is 32.3 Å². The molecule has 0 aliphatic rings. The fourth-order valence-electron chi connectivity index (χ4n) is 1.12. The van der Waals surface area contributed by atoms with Gasteiger partial charge >= 0.3 is 0 Å². The molecule has 0 aromatic carbocycles. The van der Waals surface area contributed by atoms with Gasteiger partial charge in [-0.3, -0.25) is 0 Å². The fraction of sp³-hybridized carbons (Fsp3) is 0.500. The number of halogens is 2. The second kappa shape index (κ2) is 4.77. The minimum atomic E-state index is 0.639. The third-order valence-corrected chi connectivity index (χ3v) is 2.47. The lowest BCUT2D eigenvalue weighted by Gasteiger charge is -2.00. The summed E-state index contributed by atoms with van der Waals surface area (Å²) in [4.78, 5) is 0. The number of hydrogen-bond acceptors (Lipinski definition) is 2. The predicted molar refractivity (Wildman–Crippen MR) is 57.7 cm³/mol. The van der Waals surface area contributed by atoms with E-state index in [-0.39, 0.29) is 0 Å². The summed E-state index contributed by atoms with van der Waals surface area (Å²) in [5.74, 6) is 0.639. The SMILES string of the molecule is CC(=CCCCl)c1c(Br)nnn1C. The minimum absolute atomic E-state index is 0.639. The highest BCUT2D eigenvalue weighted by Gasteiger charge is 2.08. The van der Waals surface area contributed by atoms with Crippen molar-refractivity contribution in [2.45, 2.75) is 13.3 Å². The van der Waals surface area contributed by atoms with E-state index in [1.165, 1.54) is 0 Å². The number of aryl methyl sites for hydroxylation is 1. The minimum Gasteiger partial charge on any atom is -0.247 e. The van der Waals surface area contributed by atoms with Crippen molar-refractivity contribution in [2.24, 2.45) is 7.05 Å². The predicted octanol–water partition coefficient (Wildman–Crippen LogP) is 2.61. The van der Waals surface area contributed by atoms with Crippen molar-refractivity contribution in [3.63, 3.8) is 0 Å². The van der Waals surface area contributed by atoms with Crippen molar-refractivity contribution < 1.29 is 0 Å². The van der Waals surface area contributed by atoms with Crippen LogP contribution in [0.15, 0.2) is 10.7 Å². The van der Waals surface area contributed by atoms with Gasteiger partial charge in [0.2, 0.25) is 0 Å². The summed E-state index contributed by atoms with van der Waals surface area (Å²) in [6.07, 6.45) is 2.95. The lowest BCUT2D eigenvalue weighted by atomic mass is 10.2. The zero-order valence-electron chi connectivity index (χ0n) is 7.59. The molecule has 5 heteroatoms. The average Bonchev–Trinajstić information content (AvgIpc) is 2.42. The summed E-state index contributed by atoms with van der Waals surface area (Å²) >= 11 is 8.93. The Kier molecular flexibility index (Phi) is 3.93. The summed E-state index contributed by atoms with van der Waals surface area (Å²) in [7, 11) is 1.87. The van der Waals surface area contributed by atoms with Crippen molar-refractivity contribution in [3.05, 3.63) is 16.4 Å². The molecule has 0 saturated carbocycles. The quantitative estimate of drug-likeness (QED) is 0.786. The molecular weight excluding hydrogens is 253 g/mol. The first-order valence-electron chi connectivity index (χ1n) is 3.95. The van der Waals surface area contributed by atoms with E-state index in [4.69, 9.17) is 11.6 Å². The van der Waals surface area contributed by atoms with Crippen LogP contribution in [-0.2, 0) is 7.05 Å². The third-order valence-electron chi connectivity index (χ3n) is 1.72. The maximum Gasteiger partial charge on any atom is 0.155 e. The number of alkyl halides is 1. The molecule has 0 bridgehead atoms. The molecule has 0 amide bonds. The fourth-order valence-corrected chi connectivity index (χ4v) is 1.87. The van der Waals surface area contributed by atoms with Gasteiger partial charge in [-0.15, -0.1) is 16.7 Å². The van der Waals surface area contributed by atoms with Crippen LogP contribution >= 0.6 is 27.5 Å². The molecule has 72 valence electrons. The number of aromatic nitrogens is 3. The van der Waals surface area contributed by atoms with Gasteiger partial charge in [0.05, 0.1) is 5.69 Å². The monoisotopic (exact) mass is 263 g/mol. The molecule has 1 aromatic rings. The Labute approximate surface area is 90.9 Å². The Morgan fingerprint density at radius 3 is 2.85 bits per heavy atom. The van der Waals surface area contributed by atoms with E-state index < -0.39 is 0 Å². The van der Waals surface area contributed by atoms with Crippen LogP contribution in [0.25, 0.3) is 5.57 Å². The van der Waals surface area contributed by atoms with Crippen LogP contribution in [0.3, 0.4) is 0 Å². The molecule has 0 aliphatic carbocycles. The van der Waals surface area contributed by atoms with E-state index in [9.17, 15) is 0 Å². The number of hydrogen-bond donors (Lipinski definition) is 0.